The predicted molar refractivity (Wildman–Crippen MR) is 80.3 cm³/mol. The molecule has 0 aromatic heterocycles. The highest BCUT2D eigenvalue weighted by molar-refractivity contribution is 5.40. The van der Waals surface area contributed by atoms with Gasteiger partial charge < -0.3 is 0 Å². The minimum atomic E-state index is 0.819. The molecule has 0 aliphatic heterocycles. The van der Waals surface area contributed by atoms with E-state index in [1.54, 1.807) is 11.1 Å². The molecule has 1 aromatic carbocycles. The van der Waals surface area contributed by atoms with E-state index < -0.39 is 0 Å². The summed E-state index contributed by atoms with van der Waals surface area (Å²) in [5.74, 6) is 1.67. The normalized spacial score (nSPS) is 20.6. The molecular formula is C18H28. The molecule has 0 heterocycles. The third-order valence-electron chi connectivity index (χ3n) is 4.82. The maximum absolute atomic E-state index is 2.48. The molecule has 0 spiro atoms. The van der Waals surface area contributed by atoms with Crippen LogP contribution in [0.5, 0.6) is 0 Å². The standard InChI is InChI=1S/C18H28/c1-5-6-8-13(2)17-10-7-9-16-11-14(3)15(4)12-18(16)17/h11-13,17H,5-10H2,1-4H3/t13-,17+/m1/s1. The average Bonchev–Trinajstić information content (AvgIpc) is 2.36. The molecule has 0 unspecified atom stereocenters. The van der Waals surface area contributed by atoms with E-state index in [1.165, 1.54) is 49.7 Å². The fraction of sp³-hybridized carbons (Fsp3) is 0.667. The van der Waals surface area contributed by atoms with Gasteiger partial charge in [0.25, 0.3) is 0 Å². The van der Waals surface area contributed by atoms with Gasteiger partial charge in [0, 0.05) is 0 Å². The third kappa shape index (κ3) is 2.79. The van der Waals surface area contributed by atoms with E-state index in [9.17, 15) is 0 Å². The zero-order chi connectivity index (χ0) is 13.1. The molecule has 18 heavy (non-hydrogen) atoms. The fourth-order valence-corrected chi connectivity index (χ4v) is 3.45. The second-order valence-electron chi connectivity index (χ2n) is 6.25. The molecule has 0 saturated heterocycles. The topological polar surface area (TPSA) is 0 Å². The molecule has 0 saturated carbocycles. The van der Waals surface area contributed by atoms with E-state index in [4.69, 9.17) is 0 Å². The van der Waals surface area contributed by atoms with Gasteiger partial charge in [-0.15, -0.1) is 0 Å². The van der Waals surface area contributed by atoms with E-state index in [2.05, 4.69) is 39.8 Å². The van der Waals surface area contributed by atoms with Crippen LogP contribution in [0.4, 0.5) is 0 Å². The molecule has 1 aliphatic carbocycles. The van der Waals surface area contributed by atoms with Crippen molar-refractivity contribution in [3.8, 4) is 0 Å². The van der Waals surface area contributed by atoms with Gasteiger partial charge in [-0.2, -0.15) is 0 Å². The minimum Gasteiger partial charge on any atom is -0.0654 e. The highest BCUT2D eigenvalue weighted by Crippen LogP contribution is 2.39. The van der Waals surface area contributed by atoms with Gasteiger partial charge in [0.2, 0.25) is 0 Å². The molecule has 100 valence electrons. The van der Waals surface area contributed by atoms with Crippen LogP contribution in [0.3, 0.4) is 0 Å². The van der Waals surface area contributed by atoms with Crippen molar-refractivity contribution in [3.05, 3.63) is 34.4 Å². The van der Waals surface area contributed by atoms with E-state index in [0.29, 0.717) is 0 Å². The second-order valence-corrected chi connectivity index (χ2v) is 6.25. The molecule has 0 N–H and O–H groups in total. The number of rotatable bonds is 4. The molecule has 0 radical (unpaired) electrons. The molecule has 0 amide bonds. The minimum absolute atomic E-state index is 0.819. The maximum Gasteiger partial charge on any atom is -0.0133 e. The number of hydrogen-bond donors (Lipinski definition) is 0. The Morgan fingerprint density at radius 3 is 2.67 bits per heavy atom. The molecule has 0 nitrogen and oxygen atoms in total. The number of benzene rings is 1. The van der Waals surface area contributed by atoms with Crippen LogP contribution >= 0.6 is 0 Å². The largest absolute Gasteiger partial charge is 0.0654 e. The molecular weight excluding hydrogens is 216 g/mol. The summed E-state index contributed by atoms with van der Waals surface area (Å²) in [6, 6.07) is 4.93. The SMILES string of the molecule is CCCC[C@@H](C)[C@@H]1CCCc2cc(C)c(C)cc21. The summed E-state index contributed by atoms with van der Waals surface area (Å²) in [6.45, 7) is 9.28. The molecule has 0 bridgehead atoms. The summed E-state index contributed by atoms with van der Waals surface area (Å²) < 4.78 is 0. The zero-order valence-electron chi connectivity index (χ0n) is 12.6. The lowest BCUT2D eigenvalue weighted by molar-refractivity contribution is 0.374. The van der Waals surface area contributed by atoms with Gasteiger partial charge >= 0.3 is 0 Å². The first-order chi connectivity index (χ1) is 8.63. The zero-order valence-corrected chi connectivity index (χ0v) is 12.6. The summed E-state index contributed by atoms with van der Waals surface area (Å²) in [5.41, 5.74) is 6.25. The van der Waals surface area contributed by atoms with Crippen LogP contribution in [-0.2, 0) is 6.42 Å². The van der Waals surface area contributed by atoms with Gasteiger partial charge in [-0.3, -0.25) is 0 Å². The number of hydrogen-bond acceptors (Lipinski definition) is 0. The van der Waals surface area contributed by atoms with E-state index >= 15 is 0 Å². The van der Waals surface area contributed by atoms with Crippen molar-refractivity contribution in [1.29, 1.82) is 0 Å². The van der Waals surface area contributed by atoms with Crippen LogP contribution in [0.25, 0.3) is 0 Å². The summed E-state index contributed by atoms with van der Waals surface area (Å²) >= 11 is 0. The van der Waals surface area contributed by atoms with Crippen molar-refractivity contribution in [2.75, 3.05) is 0 Å². The Labute approximate surface area is 113 Å². The average molecular weight is 244 g/mol. The lowest BCUT2D eigenvalue weighted by Gasteiger charge is -2.31. The Kier molecular flexibility index (Phi) is 4.48. The van der Waals surface area contributed by atoms with Gasteiger partial charge in [-0.1, -0.05) is 45.2 Å². The second kappa shape index (κ2) is 5.91. The molecule has 1 aromatic rings. The molecule has 2 atom stereocenters. The first-order valence-corrected chi connectivity index (χ1v) is 7.73. The van der Waals surface area contributed by atoms with Crippen LogP contribution < -0.4 is 0 Å². The highest BCUT2D eigenvalue weighted by Gasteiger charge is 2.25. The van der Waals surface area contributed by atoms with Gasteiger partial charge in [-0.05, 0) is 67.2 Å². The van der Waals surface area contributed by atoms with Crippen LogP contribution in [0.1, 0.15) is 74.1 Å². The van der Waals surface area contributed by atoms with Crippen LogP contribution in [0.2, 0.25) is 0 Å². The maximum atomic E-state index is 2.48. The summed E-state index contributed by atoms with van der Waals surface area (Å²) in [5, 5.41) is 0. The Bertz CT molecular complexity index is 403. The summed E-state index contributed by atoms with van der Waals surface area (Å²) in [7, 11) is 0. The van der Waals surface area contributed by atoms with Crippen LogP contribution in [0.15, 0.2) is 12.1 Å². The van der Waals surface area contributed by atoms with E-state index in [0.717, 1.165) is 11.8 Å². The van der Waals surface area contributed by atoms with Crippen molar-refractivity contribution in [1.82, 2.24) is 0 Å². The quantitative estimate of drug-likeness (QED) is 0.651. The molecule has 1 aliphatic rings. The van der Waals surface area contributed by atoms with Crippen LogP contribution in [-0.4, -0.2) is 0 Å². The summed E-state index contributed by atoms with van der Waals surface area (Å²) in [6.07, 6.45) is 8.20. The van der Waals surface area contributed by atoms with Crippen molar-refractivity contribution >= 4 is 0 Å². The predicted octanol–water partition coefficient (Wildman–Crippen LogP) is 5.55. The first-order valence-electron chi connectivity index (χ1n) is 7.73. The van der Waals surface area contributed by atoms with Crippen LogP contribution in [0, 0.1) is 19.8 Å². The molecule has 2 rings (SSSR count). The van der Waals surface area contributed by atoms with E-state index in [1.807, 2.05) is 0 Å². The number of unbranched alkanes of at least 4 members (excludes halogenated alkanes) is 1. The lowest BCUT2D eigenvalue weighted by Crippen LogP contribution is -2.17. The van der Waals surface area contributed by atoms with Crippen molar-refractivity contribution < 1.29 is 0 Å². The highest BCUT2D eigenvalue weighted by atomic mass is 14.3. The Balaban J connectivity index is 2.24. The Morgan fingerprint density at radius 1 is 1.22 bits per heavy atom. The van der Waals surface area contributed by atoms with Crippen molar-refractivity contribution in [3.63, 3.8) is 0 Å². The first kappa shape index (κ1) is 13.6. The monoisotopic (exact) mass is 244 g/mol. The van der Waals surface area contributed by atoms with E-state index in [-0.39, 0.29) is 0 Å². The molecule has 0 fully saturated rings. The Hall–Kier alpha value is -0.780. The number of aryl methyl sites for hydroxylation is 3. The smallest absolute Gasteiger partial charge is 0.0133 e. The van der Waals surface area contributed by atoms with Crippen molar-refractivity contribution in [2.24, 2.45) is 5.92 Å². The van der Waals surface area contributed by atoms with Gasteiger partial charge in [0.15, 0.2) is 0 Å². The number of fused-ring (bicyclic) bond motifs is 1. The van der Waals surface area contributed by atoms with Gasteiger partial charge in [0.1, 0.15) is 0 Å². The van der Waals surface area contributed by atoms with Gasteiger partial charge in [0.05, 0.1) is 0 Å². The van der Waals surface area contributed by atoms with Crippen molar-refractivity contribution in [2.45, 2.75) is 72.1 Å². The molecule has 0 heteroatoms. The third-order valence-corrected chi connectivity index (χ3v) is 4.82. The van der Waals surface area contributed by atoms with Gasteiger partial charge in [-0.25, -0.2) is 0 Å². The summed E-state index contributed by atoms with van der Waals surface area (Å²) in [4.78, 5) is 0. The fourth-order valence-electron chi connectivity index (χ4n) is 3.45. The Morgan fingerprint density at radius 2 is 1.94 bits per heavy atom. The lowest BCUT2D eigenvalue weighted by atomic mass is 9.74.